The van der Waals surface area contributed by atoms with Crippen LogP contribution < -0.4 is 5.32 Å². The SMILES string of the molecule is COCCn1c(S[C@@H](C)C(=O)NC2CC2)nc(C)c1C. The maximum Gasteiger partial charge on any atom is 0.233 e. The van der Waals surface area contributed by atoms with Gasteiger partial charge in [0.1, 0.15) is 0 Å². The van der Waals surface area contributed by atoms with Crippen LogP contribution >= 0.6 is 11.8 Å². The maximum atomic E-state index is 12.0. The van der Waals surface area contributed by atoms with Crippen LogP contribution in [0.5, 0.6) is 0 Å². The van der Waals surface area contributed by atoms with Crippen molar-refractivity contribution in [3.8, 4) is 0 Å². The van der Waals surface area contributed by atoms with E-state index in [4.69, 9.17) is 4.74 Å². The number of methoxy groups -OCH3 is 1. The molecule has 1 aromatic heterocycles. The van der Waals surface area contributed by atoms with Crippen LogP contribution in [0.4, 0.5) is 0 Å². The molecule has 0 unspecified atom stereocenters. The number of hydrogen-bond donors (Lipinski definition) is 1. The number of thioether (sulfide) groups is 1. The van der Waals surface area contributed by atoms with Crippen molar-refractivity contribution in [3.05, 3.63) is 11.4 Å². The highest BCUT2D eigenvalue weighted by Crippen LogP contribution is 2.26. The number of rotatable bonds is 7. The van der Waals surface area contributed by atoms with Crippen LogP contribution in [0.15, 0.2) is 5.16 Å². The van der Waals surface area contributed by atoms with Crippen LogP contribution in [0.25, 0.3) is 0 Å². The summed E-state index contributed by atoms with van der Waals surface area (Å²) in [6, 6.07) is 0.405. The molecule has 0 radical (unpaired) electrons. The summed E-state index contributed by atoms with van der Waals surface area (Å²) in [5, 5.41) is 3.81. The molecule has 1 atom stereocenters. The van der Waals surface area contributed by atoms with E-state index in [9.17, 15) is 4.79 Å². The van der Waals surface area contributed by atoms with Gasteiger partial charge in [-0.1, -0.05) is 11.8 Å². The summed E-state index contributed by atoms with van der Waals surface area (Å²) in [4.78, 5) is 16.6. The summed E-state index contributed by atoms with van der Waals surface area (Å²) in [6.45, 7) is 7.40. The Bertz CT molecular complexity index is 483. The quantitative estimate of drug-likeness (QED) is 0.781. The first-order valence-electron chi connectivity index (χ1n) is 7.02. The van der Waals surface area contributed by atoms with E-state index in [0.717, 1.165) is 35.9 Å². The van der Waals surface area contributed by atoms with Gasteiger partial charge in [0, 0.05) is 25.4 Å². The van der Waals surface area contributed by atoms with Crippen molar-refractivity contribution in [1.82, 2.24) is 14.9 Å². The van der Waals surface area contributed by atoms with Crippen molar-refractivity contribution in [3.63, 3.8) is 0 Å². The minimum absolute atomic E-state index is 0.106. The van der Waals surface area contributed by atoms with Crippen molar-refractivity contribution >= 4 is 17.7 Å². The van der Waals surface area contributed by atoms with Gasteiger partial charge in [-0.05, 0) is 33.6 Å². The number of imidazole rings is 1. The molecule has 112 valence electrons. The molecular weight excluding hydrogens is 274 g/mol. The molecule has 1 heterocycles. The number of nitrogens with one attached hydrogen (secondary N) is 1. The average Bonchev–Trinajstić information content (AvgIpc) is 3.17. The van der Waals surface area contributed by atoms with Gasteiger partial charge in [-0.15, -0.1) is 0 Å². The zero-order valence-electron chi connectivity index (χ0n) is 12.6. The predicted octanol–water partition coefficient (Wildman–Crippen LogP) is 1.91. The molecule has 1 fully saturated rings. The van der Waals surface area contributed by atoms with Gasteiger partial charge < -0.3 is 14.6 Å². The van der Waals surface area contributed by atoms with Crippen LogP contribution in [-0.4, -0.2) is 40.5 Å². The lowest BCUT2D eigenvalue weighted by Gasteiger charge is -2.13. The fourth-order valence-electron chi connectivity index (χ4n) is 1.92. The first-order valence-corrected chi connectivity index (χ1v) is 7.90. The summed E-state index contributed by atoms with van der Waals surface area (Å²) >= 11 is 1.52. The second kappa shape index (κ2) is 6.63. The van der Waals surface area contributed by atoms with E-state index in [1.807, 2.05) is 13.8 Å². The molecule has 5 nitrogen and oxygen atoms in total. The van der Waals surface area contributed by atoms with Gasteiger partial charge in [-0.3, -0.25) is 4.79 Å². The van der Waals surface area contributed by atoms with Crippen LogP contribution in [0, 0.1) is 13.8 Å². The lowest BCUT2D eigenvalue weighted by atomic mass is 10.4. The first-order chi connectivity index (χ1) is 9.52. The van der Waals surface area contributed by atoms with E-state index >= 15 is 0 Å². The number of aromatic nitrogens is 2. The summed E-state index contributed by atoms with van der Waals surface area (Å²) in [5.41, 5.74) is 2.15. The minimum atomic E-state index is -0.127. The lowest BCUT2D eigenvalue weighted by molar-refractivity contribution is -0.120. The highest BCUT2D eigenvalue weighted by Gasteiger charge is 2.27. The van der Waals surface area contributed by atoms with Crippen molar-refractivity contribution < 1.29 is 9.53 Å². The molecule has 0 bridgehead atoms. The third kappa shape index (κ3) is 3.76. The first kappa shape index (κ1) is 15.4. The number of hydrogen-bond acceptors (Lipinski definition) is 4. The van der Waals surface area contributed by atoms with Crippen molar-refractivity contribution in [2.24, 2.45) is 0 Å². The number of carbonyl (C=O) groups is 1. The maximum absolute atomic E-state index is 12.0. The van der Waals surface area contributed by atoms with Crippen molar-refractivity contribution in [2.75, 3.05) is 13.7 Å². The van der Waals surface area contributed by atoms with Gasteiger partial charge in [0.25, 0.3) is 0 Å². The molecule has 1 aliphatic carbocycles. The van der Waals surface area contributed by atoms with Gasteiger partial charge in [-0.25, -0.2) is 4.98 Å². The molecule has 1 N–H and O–H groups in total. The molecule has 0 saturated heterocycles. The number of nitrogens with zero attached hydrogens (tertiary/aromatic N) is 2. The number of carbonyl (C=O) groups excluding carboxylic acids is 1. The van der Waals surface area contributed by atoms with Gasteiger partial charge in [-0.2, -0.15) is 0 Å². The largest absolute Gasteiger partial charge is 0.383 e. The Hall–Kier alpha value is -1.01. The number of ether oxygens (including phenoxy) is 1. The van der Waals surface area contributed by atoms with E-state index in [1.54, 1.807) is 7.11 Å². The molecular formula is C14H23N3O2S. The van der Waals surface area contributed by atoms with Crippen LogP contribution in [0.3, 0.4) is 0 Å². The topological polar surface area (TPSA) is 56.1 Å². The van der Waals surface area contributed by atoms with E-state index in [0.29, 0.717) is 12.6 Å². The summed E-state index contributed by atoms with van der Waals surface area (Å²) in [6.07, 6.45) is 2.23. The Morgan fingerprint density at radius 1 is 1.55 bits per heavy atom. The van der Waals surface area contributed by atoms with Crippen molar-refractivity contribution in [1.29, 1.82) is 0 Å². The van der Waals surface area contributed by atoms with Crippen LogP contribution in [-0.2, 0) is 16.1 Å². The van der Waals surface area contributed by atoms with E-state index in [-0.39, 0.29) is 11.2 Å². The molecule has 1 aliphatic rings. The Balaban J connectivity index is 2.03. The fraction of sp³-hybridized carbons (Fsp3) is 0.714. The fourth-order valence-corrected chi connectivity index (χ4v) is 2.95. The third-order valence-corrected chi connectivity index (χ3v) is 4.61. The van der Waals surface area contributed by atoms with Gasteiger partial charge >= 0.3 is 0 Å². The van der Waals surface area contributed by atoms with E-state index in [1.165, 1.54) is 11.8 Å². The third-order valence-electron chi connectivity index (χ3n) is 3.52. The Labute approximate surface area is 124 Å². The molecule has 1 amide bonds. The van der Waals surface area contributed by atoms with Gasteiger partial charge in [0.2, 0.25) is 5.91 Å². The summed E-state index contributed by atoms with van der Waals surface area (Å²) < 4.78 is 7.27. The second-order valence-corrected chi connectivity index (χ2v) is 6.56. The minimum Gasteiger partial charge on any atom is -0.383 e. The predicted molar refractivity (Wildman–Crippen MR) is 80.1 cm³/mol. The molecule has 6 heteroatoms. The van der Waals surface area contributed by atoms with E-state index < -0.39 is 0 Å². The molecule has 20 heavy (non-hydrogen) atoms. The van der Waals surface area contributed by atoms with Gasteiger partial charge in [0.05, 0.1) is 17.6 Å². The molecule has 0 aliphatic heterocycles. The molecule has 0 aromatic carbocycles. The Morgan fingerprint density at radius 3 is 2.85 bits per heavy atom. The normalized spacial score (nSPS) is 16.2. The summed E-state index contributed by atoms with van der Waals surface area (Å²) in [7, 11) is 1.69. The van der Waals surface area contributed by atoms with Crippen LogP contribution in [0.1, 0.15) is 31.2 Å². The standard InChI is InChI=1S/C14H23N3O2S/c1-9-10(2)17(7-8-19-4)14(15-9)20-11(3)13(18)16-12-5-6-12/h11-12H,5-8H2,1-4H3,(H,16,18)/t11-/m0/s1. The van der Waals surface area contributed by atoms with Gasteiger partial charge in [0.15, 0.2) is 5.16 Å². The smallest absolute Gasteiger partial charge is 0.233 e. The zero-order chi connectivity index (χ0) is 14.7. The monoisotopic (exact) mass is 297 g/mol. The average molecular weight is 297 g/mol. The van der Waals surface area contributed by atoms with Crippen LogP contribution in [0.2, 0.25) is 0 Å². The molecule has 0 spiro atoms. The zero-order valence-corrected chi connectivity index (χ0v) is 13.4. The second-order valence-electron chi connectivity index (χ2n) is 5.25. The molecule has 2 rings (SSSR count). The molecule has 1 saturated carbocycles. The Kier molecular flexibility index (Phi) is 5.10. The lowest BCUT2D eigenvalue weighted by Crippen LogP contribution is -2.32. The highest BCUT2D eigenvalue weighted by molar-refractivity contribution is 8.00. The van der Waals surface area contributed by atoms with E-state index in [2.05, 4.69) is 21.8 Å². The Morgan fingerprint density at radius 2 is 2.25 bits per heavy atom. The van der Waals surface area contributed by atoms with Crippen molar-refractivity contribution in [2.45, 2.75) is 56.6 Å². The molecule has 1 aromatic rings. The summed E-state index contributed by atoms with van der Waals surface area (Å²) in [5.74, 6) is 0.106. The number of amides is 1. The highest BCUT2D eigenvalue weighted by atomic mass is 32.2. The number of aryl methyl sites for hydroxylation is 1.